The first kappa shape index (κ1) is 12.1. The molecule has 3 rings (SSSR count). The van der Waals surface area contributed by atoms with Crippen LogP contribution < -0.4 is 14.8 Å². The third kappa shape index (κ3) is 2.04. The predicted octanol–water partition coefficient (Wildman–Crippen LogP) is 3.06. The second kappa shape index (κ2) is 4.94. The van der Waals surface area contributed by atoms with Gasteiger partial charge in [0.1, 0.15) is 13.2 Å². The lowest BCUT2D eigenvalue weighted by atomic mass is 9.95. The number of benzene rings is 1. The lowest BCUT2D eigenvalue weighted by Gasteiger charge is -2.29. The minimum absolute atomic E-state index is 0.0344. The molecular weight excluding hydrogens is 257 g/mol. The van der Waals surface area contributed by atoms with Crippen molar-refractivity contribution in [1.82, 2.24) is 5.32 Å². The lowest BCUT2D eigenvalue weighted by Crippen LogP contribution is -2.29. The SMILES string of the molecule is Fc1c(Cl)cc2c(c1C1CCCCN1)OCCO2. The molecule has 1 N–H and O–H groups in total. The molecule has 1 saturated heterocycles. The first-order valence-electron chi connectivity index (χ1n) is 6.28. The molecule has 1 aromatic rings. The van der Waals surface area contributed by atoms with E-state index in [1.54, 1.807) is 0 Å². The molecule has 0 amide bonds. The van der Waals surface area contributed by atoms with E-state index in [1.807, 2.05) is 0 Å². The number of fused-ring (bicyclic) bond motifs is 1. The Morgan fingerprint density at radius 3 is 2.89 bits per heavy atom. The van der Waals surface area contributed by atoms with Gasteiger partial charge < -0.3 is 14.8 Å². The lowest BCUT2D eigenvalue weighted by molar-refractivity contribution is 0.166. The van der Waals surface area contributed by atoms with E-state index in [0.717, 1.165) is 25.8 Å². The molecule has 0 bridgehead atoms. The molecule has 2 aliphatic rings. The van der Waals surface area contributed by atoms with Crippen molar-refractivity contribution < 1.29 is 13.9 Å². The molecule has 1 atom stereocenters. The van der Waals surface area contributed by atoms with Crippen molar-refractivity contribution in [2.24, 2.45) is 0 Å². The van der Waals surface area contributed by atoms with Gasteiger partial charge in [0.2, 0.25) is 0 Å². The van der Waals surface area contributed by atoms with E-state index in [2.05, 4.69) is 5.32 Å². The Hall–Kier alpha value is -1.00. The van der Waals surface area contributed by atoms with Gasteiger partial charge in [0.25, 0.3) is 0 Å². The fourth-order valence-electron chi connectivity index (χ4n) is 2.57. The Kier molecular flexibility index (Phi) is 3.31. The third-order valence-corrected chi connectivity index (χ3v) is 3.69. The average molecular weight is 272 g/mol. The molecule has 18 heavy (non-hydrogen) atoms. The van der Waals surface area contributed by atoms with Crippen molar-refractivity contribution in [2.45, 2.75) is 25.3 Å². The summed E-state index contributed by atoms with van der Waals surface area (Å²) in [5, 5.41) is 3.42. The molecule has 3 nitrogen and oxygen atoms in total. The number of halogens is 2. The molecule has 2 aliphatic heterocycles. The Labute approximate surface area is 110 Å². The first-order valence-corrected chi connectivity index (χ1v) is 6.66. The minimum atomic E-state index is -0.389. The second-order valence-electron chi connectivity index (χ2n) is 4.61. The molecule has 0 saturated carbocycles. The van der Waals surface area contributed by atoms with Crippen molar-refractivity contribution in [3.05, 3.63) is 22.5 Å². The zero-order valence-corrected chi connectivity index (χ0v) is 10.7. The Bertz CT molecular complexity index is 461. The molecule has 0 radical (unpaired) electrons. The molecule has 98 valence electrons. The smallest absolute Gasteiger partial charge is 0.169 e. The highest BCUT2D eigenvalue weighted by Crippen LogP contribution is 2.43. The van der Waals surface area contributed by atoms with Gasteiger partial charge >= 0.3 is 0 Å². The predicted molar refractivity (Wildman–Crippen MR) is 67.0 cm³/mol. The van der Waals surface area contributed by atoms with Gasteiger partial charge in [-0.15, -0.1) is 0 Å². The minimum Gasteiger partial charge on any atom is -0.486 e. The van der Waals surface area contributed by atoms with E-state index in [0.29, 0.717) is 30.3 Å². The maximum absolute atomic E-state index is 14.3. The maximum Gasteiger partial charge on any atom is 0.169 e. The Morgan fingerprint density at radius 2 is 2.11 bits per heavy atom. The van der Waals surface area contributed by atoms with Gasteiger partial charge in [0, 0.05) is 12.1 Å². The number of hydrogen-bond donors (Lipinski definition) is 1. The highest BCUT2D eigenvalue weighted by Gasteiger charge is 2.29. The number of hydrogen-bond acceptors (Lipinski definition) is 3. The van der Waals surface area contributed by atoms with Crippen molar-refractivity contribution >= 4 is 11.6 Å². The van der Waals surface area contributed by atoms with Crippen LogP contribution in [-0.2, 0) is 0 Å². The number of piperidine rings is 1. The van der Waals surface area contributed by atoms with Crippen molar-refractivity contribution in [3.63, 3.8) is 0 Å². The summed E-state index contributed by atoms with van der Waals surface area (Å²) in [6.07, 6.45) is 3.10. The standard InChI is InChI=1S/C13H15ClFNO2/c14-8-7-10-13(18-6-5-17-10)11(12(8)15)9-3-1-2-4-16-9/h7,9,16H,1-6H2. The quantitative estimate of drug-likeness (QED) is 0.852. The highest BCUT2D eigenvalue weighted by molar-refractivity contribution is 6.31. The van der Waals surface area contributed by atoms with Crippen LogP contribution >= 0.6 is 11.6 Å². The van der Waals surface area contributed by atoms with Crippen LogP contribution in [0.5, 0.6) is 11.5 Å². The van der Waals surface area contributed by atoms with Crippen LogP contribution in [-0.4, -0.2) is 19.8 Å². The molecule has 1 fully saturated rings. The van der Waals surface area contributed by atoms with Crippen molar-refractivity contribution in [1.29, 1.82) is 0 Å². The molecule has 2 heterocycles. The zero-order valence-electron chi connectivity index (χ0n) is 9.97. The summed E-state index contributed by atoms with van der Waals surface area (Å²) in [4.78, 5) is 0. The van der Waals surface area contributed by atoms with Gasteiger partial charge in [-0.05, 0) is 19.4 Å². The van der Waals surface area contributed by atoms with E-state index >= 15 is 0 Å². The summed E-state index contributed by atoms with van der Waals surface area (Å²) in [6, 6.07) is 1.46. The van der Waals surface area contributed by atoms with E-state index in [1.165, 1.54) is 6.07 Å². The topological polar surface area (TPSA) is 30.5 Å². The van der Waals surface area contributed by atoms with E-state index in [9.17, 15) is 4.39 Å². The van der Waals surface area contributed by atoms with Crippen LogP contribution in [0, 0.1) is 5.82 Å². The third-order valence-electron chi connectivity index (χ3n) is 3.42. The summed E-state index contributed by atoms with van der Waals surface area (Å²) in [7, 11) is 0. The highest BCUT2D eigenvalue weighted by atomic mass is 35.5. The molecule has 0 aliphatic carbocycles. The molecule has 0 aromatic heterocycles. The monoisotopic (exact) mass is 271 g/mol. The summed E-state index contributed by atoms with van der Waals surface area (Å²) in [5.41, 5.74) is 0.525. The van der Waals surface area contributed by atoms with Crippen molar-refractivity contribution in [3.8, 4) is 11.5 Å². The van der Waals surface area contributed by atoms with E-state index < -0.39 is 0 Å². The van der Waals surface area contributed by atoms with E-state index in [4.69, 9.17) is 21.1 Å². The second-order valence-corrected chi connectivity index (χ2v) is 5.02. The fraction of sp³-hybridized carbons (Fsp3) is 0.538. The molecule has 0 spiro atoms. The summed E-state index contributed by atoms with van der Waals surface area (Å²) in [5.74, 6) is 0.679. The molecule has 1 aromatic carbocycles. The van der Waals surface area contributed by atoms with Gasteiger partial charge in [-0.25, -0.2) is 4.39 Å². The molecular formula is C13H15ClFNO2. The normalized spacial score (nSPS) is 22.9. The zero-order chi connectivity index (χ0) is 12.5. The largest absolute Gasteiger partial charge is 0.486 e. The summed E-state index contributed by atoms with van der Waals surface area (Å²) >= 11 is 5.93. The summed E-state index contributed by atoms with van der Waals surface area (Å²) in [6.45, 7) is 1.83. The average Bonchev–Trinajstić information content (AvgIpc) is 2.41. The van der Waals surface area contributed by atoms with Gasteiger partial charge in [-0.1, -0.05) is 18.0 Å². The van der Waals surface area contributed by atoms with Crippen LogP contribution in [0.3, 0.4) is 0 Å². The van der Waals surface area contributed by atoms with Gasteiger partial charge in [-0.3, -0.25) is 0 Å². The number of ether oxygens (including phenoxy) is 2. The molecule has 1 unspecified atom stereocenters. The van der Waals surface area contributed by atoms with Crippen LogP contribution in [0.2, 0.25) is 5.02 Å². The van der Waals surface area contributed by atoms with Gasteiger partial charge in [-0.2, -0.15) is 0 Å². The van der Waals surface area contributed by atoms with E-state index in [-0.39, 0.29) is 16.9 Å². The van der Waals surface area contributed by atoms with Gasteiger partial charge in [0.05, 0.1) is 10.6 Å². The Morgan fingerprint density at radius 1 is 1.28 bits per heavy atom. The number of nitrogens with one attached hydrogen (secondary N) is 1. The van der Waals surface area contributed by atoms with Crippen LogP contribution in [0.15, 0.2) is 6.07 Å². The number of rotatable bonds is 1. The van der Waals surface area contributed by atoms with Crippen LogP contribution in [0.1, 0.15) is 30.9 Å². The first-order chi connectivity index (χ1) is 8.77. The van der Waals surface area contributed by atoms with Gasteiger partial charge in [0.15, 0.2) is 17.3 Å². The maximum atomic E-state index is 14.3. The fourth-order valence-corrected chi connectivity index (χ4v) is 2.77. The van der Waals surface area contributed by atoms with Crippen molar-refractivity contribution in [2.75, 3.05) is 19.8 Å². The van der Waals surface area contributed by atoms with Crippen LogP contribution in [0.4, 0.5) is 4.39 Å². The summed E-state index contributed by atoms with van der Waals surface area (Å²) < 4.78 is 25.3. The molecule has 5 heteroatoms. The Balaban J connectivity index is 2.07. The van der Waals surface area contributed by atoms with Crippen LogP contribution in [0.25, 0.3) is 0 Å².